The van der Waals surface area contributed by atoms with Crippen LogP contribution in [0.1, 0.15) is 17.9 Å². The summed E-state index contributed by atoms with van der Waals surface area (Å²) in [5.41, 5.74) is 15.9. The van der Waals surface area contributed by atoms with Gasteiger partial charge in [-0.3, -0.25) is 0 Å². The Labute approximate surface area is 434 Å². The van der Waals surface area contributed by atoms with Crippen molar-refractivity contribution in [2.24, 2.45) is 0 Å². The molecule has 1 atom stereocenters. The Kier molecular flexibility index (Phi) is 11.5. The number of hydrogen-bond acceptors (Lipinski definition) is 4. The minimum Gasteiger partial charge on any atom is -0.307 e. The van der Waals surface area contributed by atoms with Crippen molar-refractivity contribution < 1.29 is 0 Å². The lowest BCUT2D eigenvalue weighted by atomic mass is 9.90. The fourth-order valence-electron chi connectivity index (χ4n) is 10.7. The maximum absolute atomic E-state index is 5.53. The molecule has 3 heterocycles. The molecule has 0 fully saturated rings. The first-order valence-electron chi connectivity index (χ1n) is 25.1. The van der Waals surface area contributed by atoms with Gasteiger partial charge in [-0.2, -0.15) is 0 Å². The van der Waals surface area contributed by atoms with Gasteiger partial charge in [0.2, 0.25) is 0 Å². The van der Waals surface area contributed by atoms with Crippen molar-refractivity contribution in [3.8, 4) is 84.4 Å². The van der Waals surface area contributed by atoms with Gasteiger partial charge in [0.1, 0.15) is 0 Å². The van der Waals surface area contributed by atoms with Gasteiger partial charge in [-0.25, -0.2) is 15.0 Å². The predicted molar refractivity (Wildman–Crippen MR) is 313 cm³/mol. The second-order valence-corrected chi connectivity index (χ2v) is 19.8. The van der Waals surface area contributed by atoms with Gasteiger partial charge in [0.15, 0.2) is 17.5 Å². The van der Waals surface area contributed by atoms with Gasteiger partial charge < -0.3 is 4.57 Å². The second-order valence-electron chi connectivity index (χ2n) is 18.8. The van der Waals surface area contributed by atoms with Crippen LogP contribution in [0.25, 0.3) is 126 Å². The van der Waals surface area contributed by atoms with E-state index in [1.807, 2.05) is 29.6 Å². The Morgan fingerprint density at radius 1 is 0.405 bits per heavy atom. The summed E-state index contributed by atoms with van der Waals surface area (Å²) in [6.07, 6.45) is 4.72. The molecule has 3 aromatic heterocycles. The highest BCUT2D eigenvalue weighted by atomic mass is 32.1. The molecule has 74 heavy (non-hydrogen) atoms. The molecule has 0 N–H and O–H groups in total. The maximum atomic E-state index is 5.53. The van der Waals surface area contributed by atoms with Crippen molar-refractivity contribution >= 4 is 53.3 Å². The van der Waals surface area contributed by atoms with Crippen molar-refractivity contribution in [2.75, 3.05) is 0 Å². The second kappa shape index (κ2) is 19.0. The smallest absolute Gasteiger partial charge is 0.164 e. The Balaban J connectivity index is 1.12. The van der Waals surface area contributed by atoms with E-state index in [4.69, 9.17) is 15.0 Å². The zero-order valence-electron chi connectivity index (χ0n) is 40.6. The minimum absolute atomic E-state index is 0.0461. The minimum atomic E-state index is 0.0461. The van der Waals surface area contributed by atoms with Crippen LogP contribution >= 0.6 is 11.3 Å². The van der Waals surface area contributed by atoms with E-state index in [1.165, 1.54) is 36.5 Å². The van der Waals surface area contributed by atoms with Gasteiger partial charge in [0, 0.05) is 64.7 Å². The normalized spacial score (nSPS) is 11.9. The van der Waals surface area contributed by atoms with Gasteiger partial charge in [-0.15, -0.1) is 24.5 Å². The van der Waals surface area contributed by atoms with Crippen LogP contribution in [-0.2, 0) is 0 Å². The van der Waals surface area contributed by atoms with E-state index < -0.39 is 0 Å². The lowest BCUT2D eigenvalue weighted by molar-refractivity contribution is 0.868. The molecule has 0 radical (unpaired) electrons. The summed E-state index contributed by atoms with van der Waals surface area (Å²) in [7, 11) is 0. The molecule has 0 saturated heterocycles. The topological polar surface area (TPSA) is 43.6 Å². The lowest BCUT2D eigenvalue weighted by Gasteiger charge is -2.21. The molecule has 0 spiro atoms. The number of aromatic nitrogens is 4. The van der Waals surface area contributed by atoms with Crippen LogP contribution in [0.15, 0.2) is 262 Å². The molecule has 13 aromatic rings. The number of nitrogens with zero attached hydrogens (tertiary/aromatic N) is 4. The van der Waals surface area contributed by atoms with Gasteiger partial charge in [-0.1, -0.05) is 206 Å². The number of para-hydroxylation sites is 1. The van der Waals surface area contributed by atoms with Crippen LogP contribution in [-0.4, -0.2) is 19.5 Å². The average Bonchev–Trinajstić information content (AvgIpc) is 4.03. The number of thiophene rings is 1. The van der Waals surface area contributed by atoms with Crippen molar-refractivity contribution in [1.29, 1.82) is 0 Å². The van der Waals surface area contributed by atoms with Crippen molar-refractivity contribution in [1.82, 2.24) is 19.5 Å². The van der Waals surface area contributed by atoms with Crippen LogP contribution in [0.4, 0.5) is 0 Å². The molecular formula is C69H48N4S. The first-order valence-corrected chi connectivity index (χ1v) is 25.9. The van der Waals surface area contributed by atoms with Gasteiger partial charge >= 0.3 is 0 Å². The van der Waals surface area contributed by atoms with E-state index in [2.05, 4.69) is 248 Å². The van der Waals surface area contributed by atoms with Crippen molar-refractivity contribution in [2.45, 2.75) is 12.3 Å². The first-order chi connectivity index (χ1) is 36.6. The zero-order chi connectivity index (χ0) is 49.5. The van der Waals surface area contributed by atoms with Gasteiger partial charge in [0.05, 0.1) is 16.7 Å². The summed E-state index contributed by atoms with van der Waals surface area (Å²) >= 11 is 1.85. The standard InChI is InChI=1S/C69H48N4S/c1-3-21-45(4-2)52-40-53(47-24-11-6-12-25-47)42-54(41-52)68-70-67(51-36-34-48(35-37-51)46-22-9-5-10-23-46)71-69(72-68)55-43-59(49-26-13-7-14-27-49)65(60(44-55)50-28-15-8-16-29-50)73-61-32-19-17-30-56(61)57-38-39-63-64(66(57)73)58-31-18-20-33-62(58)74-63/h3-20,22-45H,1-2,21H2. The monoisotopic (exact) mass is 964 g/mol. The summed E-state index contributed by atoms with van der Waals surface area (Å²) in [6.45, 7) is 8.36. The van der Waals surface area contributed by atoms with E-state index in [9.17, 15) is 0 Å². The maximum Gasteiger partial charge on any atom is 0.164 e. The third-order valence-electron chi connectivity index (χ3n) is 14.3. The zero-order valence-corrected chi connectivity index (χ0v) is 41.4. The highest BCUT2D eigenvalue weighted by Gasteiger charge is 2.25. The summed E-state index contributed by atoms with van der Waals surface area (Å²) in [5, 5.41) is 4.94. The number of benzene rings is 10. The van der Waals surface area contributed by atoms with E-state index in [0.717, 1.165) is 84.4 Å². The SMILES string of the molecule is C=CCC(C=C)c1cc(-c2ccccc2)cc(-c2nc(-c3ccc(-c4ccccc4)cc3)nc(-c3cc(-c4ccccc4)c(-n4c5ccccc5c5ccc6sc7ccccc7c6c54)c(-c4ccccc4)c3)n2)c1. The van der Waals surface area contributed by atoms with E-state index in [0.29, 0.717) is 17.5 Å². The van der Waals surface area contributed by atoms with Crippen LogP contribution in [0.2, 0.25) is 0 Å². The fraction of sp³-hybridized carbons (Fsp3) is 0.0290. The molecule has 4 nitrogen and oxygen atoms in total. The third kappa shape index (κ3) is 8.01. The molecule has 0 aliphatic carbocycles. The molecular weight excluding hydrogens is 917 g/mol. The Hall–Kier alpha value is -9.29. The molecule has 350 valence electrons. The largest absolute Gasteiger partial charge is 0.307 e. The summed E-state index contributed by atoms with van der Waals surface area (Å²) in [6, 6.07) is 84.7. The summed E-state index contributed by atoms with van der Waals surface area (Å²) in [5.74, 6) is 1.79. The van der Waals surface area contributed by atoms with Gasteiger partial charge in [-0.05, 0) is 87.8 Å². The number of rotatable bonds is 12. The van der Waals surface area contributed by atoms with Gasteiger partial charge in [0.25, 0.3) is 0 Å². The molecule has 0 aliphatic heterocycles. The van der Waals surface area contributed by atoms with Crippen LogP contribution in [0, 0.1) is 0 Å². The van der Waals surface area contributed by atoms with Crippen molar-refractivity contribution in [3.63, 3.8) is 0 Å². The highest BCUT2D eigenvalue weighted by molar-refractivity contribution is 7.26. The lowest BCUT2D eigenvalue weighted by Crippen LogP contribution is -2.04. The Bertz CT molecular complexity index is 4170. The number of hydrogen-bond donors (Lipinski definition) is 0. The fourth-order valence-corrected chi connectivity index (χ4v) is 11.8. The summed E-state index contributed by atoms with van der Waals surface area (Å²) in [4.78, 5) is 16.4. The quantitative estimate of drug-likeness (QED) is 0.115. The van der Waals surface area contributed by atoms with Crippen molar-refractivity contribution in [3.05, 3.63) is 267 Å². The van der Waals surface area contributed by atoms with E-state index in [1.54, 1.807) is 0 Å². The Morgan fingerprint density at radius 2 is 0.892 bits per heavy atom. The van der Waals surface area contributed by atoms with Crippen LogP contribution < -0.4 is 0 Å². The molecule has 10 aromatic carbocycles. The third-order valence-corrected chi connectivity index (χ3v) is 15.4. The first kappa shape index (κ1) is 44.6. The highest BCUT2D eigenvalue weighted by Crippen LogP contribution is 2.48. The molecule has 0 amide bonds. The Morgan fingerprint density at radius 3 is 1.50 bits per heavy atom. The summed E-state index contributed by atoms with van der Waals surface area (Å²) < 4.78 is 5.06. The predicted octanol–water partition coefficient (Wildman–Crippen LogP) is 18.9. The van der Waals surface area contributed by atoms with Crippen LogP contribution in [0.5, 0.6) is 0 Å². The molecule has 13 rings (SSSR count). The molecule has 5 heteroatoms. The number of allylic oxidation sites excluding steroid dienone is 2. The average molecular weight is 965 g/mol. The molecule has 0 bridgehead atoms. The molecule has 1 unspecified atom stereocenters. The van der Waals surface area contributed by atoms with E-state index >= 15 is 0 Å². The van der Waals surface area contributed by atoms with Crippen LogP contribution in [0.3, 0.4) is 0 Å². The molecule has 0 aliphatic rings. The molecule has 0 saturated carbocycles. The number of fused-ring (bicyclic) bond motifs is 7. The van der Waals surface area contributed by atoms with E-state index in [-0.39, 0.29) is 5.92 Å².